The molecule has 108 valence electrons. The van der Waals surface area contributed by atoms with Gasteiger partial charge in [-0.3, -0.25) is 5.01 Å². The molecule has 0 radical (unpaired) electrons. The number of hydrogen-bond donors (Lipinski definition) is 0. The van der Waals surface area contributed by atoms with E-state index >= 15 is 0 Å². The van der Waals surface area contributed by atoms with Crippen LogP contribution in [-0.4, -0.2) is 54.0 Å². The van der Waals surface area contributed by atoms with Crippen LogP contribution >= 0.6 is 0 Å². The molecule has 5 nitrogen and oxygen atoms in total. The van der Waals surface area contributed by atoms with Gasteiger partial charge in [-0.2, -0.15) is 5.10 Å². The van der Waals surface area contributed by atoms with Crippen molar-refractivity contribution in [1.29, 1.82) is 0 Å². The van der Waals surface area contributed by atoms with Crippen molar-refractivity contribution in [3.63, 3.8) is 0 Å². The van der Waals surface area contributed by atoms with Crippen LogP contribution in [0.15, 0.2) is 5.10 Å². The highest BCUT2D eigenvalue weighted by Crippen LogP contribution is 2.50. The zero-order valence-corrected chi connectivity index (χ0v) is 12.5. The minimum absolute atomic E-state index is 0.184. The Labute approximate surface area is 115 Å². The number of nitrogens with zero attached hydrogens (tertiary/aromatic N) is 3. The van der Waals surface area contributed by atoms with Gasteiger partial charge in [0.2, 0.25) is 0 Å². The van der Waals surface area contributed by atoms with Gasteiger partial charge in [0.1, 0.15) is 5.60 Å². The number of likely N-dealkylation sites (tertiary alicyclic amines) is 1. The maximum atomic E-state index is 11.9. The van der Waals surface area contributed by atoms with E-state index in [9.17, 15) is 4.79 Å². The van der Waals surface area contributed by atoms with Gasteiger partial charge in [-0.15, -0.1) is 0 Å². The van der Waals surface area contributed by atoms with Crippen LogP contribution in [0.25, 0.3) is 0 Å². The monoisotopic (exact) mass is 267 g/mol. The molecule has 2 rings (SSSR count). The van der Waals surface area contributed by atoms with E-state index in [1.807, 2.05) is 25.8 Å². The van der Waals surface area contributed by atoms with E-state index in [0.717, 1.165) is 32.5 Å². The molecular formula is C14H25N3O2. The Kier molecular flexibility index (Phi) is 3.49. The summed E-state index contributed by atoms with van der Waals surface area (Å²) < 4.78 is 5.37. The third-order valence-corrected chi connectivity index (χ3v) is 3.97. The largest absolute Gasteiger partial charge is 0.444 e. The fourth-order valence-electron chi connectivity index (χ4n) is 3.10. The van der Waals surface area contributed by atoms with E-state index in [4.69, 9.17) is 4.74 Å². The highest BCUT2D eigenvalue weighted by atomic mass is 16.6. The molecule has 2 fully saturated rings. The van der Waals surface area contributed by atoms with Crippen LogP contribution in [0, 0.1) is 5.41 Å². The van der Waals surface area contributed by atoms with E-state index < -0.39 is 5.60 Å². The maximum Gasteiger partial charge on any atom is 0.410 e. The predicted octanol–water partition coefficient (Wildman–Crippen LogP) is 2.32. The third kappa shape index (κ3) is 2.85. The Balaban J connectivity index is 1.76. The fraction of sp³-hybridized carbons (Fsp3) is 0.857. The second-order valence-corrected chi connectivity index (χ2v) is 6.80. The lowest BCUT2D eigenvalue weighted by atomic mass is 9.60. The second kappa shape index (κ2) is 4.69. The molecule has 0 aromatic heterocycles. The summed E-state index contributed by atoms with van der Waals surface area (Å²) in [7, 11) is 0. The van der Waals surface area contributed by atoms with Gasteiger partial charge >= 0.3 is 6.09 Å². The molecule has 0 atom stereocenters. The standard InChI is InChI=1S/C14H25N3O2/c1-6-17(15-5)11-7-14(8-11)9-16(10-14)12(18)19-13(2,3)4/h11H,5-10H2,1-4H3. The van der Waals surface area contributed by atoms with Gasteiger partial charge in [-0.05, 0) is 40.5 Å². The number of hydrazone groups is 1. The smallest absolute Gasteiger partial charge is 0.410 e. The van der Waals surface area contributed by atoms with Crippen LogP contribution in [0.1, 0.15) is 40.5 Å². The molecule has 1 spiro atoms. The van der Waals surface area contributed by atoms with Crippen LogP contribution in [-0.2, 0) is 4.74 Å². The van der Waals surface area contributed by atoms with E-state index in [1.165, 1.54) is 0 Å². The zero-order valence-electron chi connectivity index (χ0n) is 12.5. The summed E-state index contributed by atoms with van der Waals surface area (Å²) in [5, 5.41) is 6.08. The number of carbonyl (C=O) groups excluding carboxylic acids is 1. The van der Waals surface area contributed by atoms with Crippen molar-refractivity contribution >= 4 is 12.8 Å². The molecule has 0 aromatic carbocycles. The molecule has 0 unspecified atom stereocenters. The first-order chi connectivity index (χ1) is 8.78. The van der Waals surface area contributed by atoms with E-state index in [2.05, 4.69) is 18.7 Å². The normalized spacial score (nSPS) is 21.6. The SMILES string of the molecule is C=NN(CC)C1CC2(C1)CN(C(=O)OC(C)(C)C)C2. The summed E-state index contributed by atoms with van der Waals surface area (Å²) in [6.45, 7) is 13.9. The van der Waals surface area contributed by atoms with Gasteiger partial charge < -0.3 is 9.64 Å². The molecular weight excluding hydrogens is 242 g/mol. The van der Waals surface area contributed by atoms with Crippen molar-refractivity contribution < 1.29 is 9.53 Å². The summed E-state index contributed by atoms with van der Waals surface area (Å²) in [5.41, 5.74) is -0.0898. The van der Waals surface area contributed by atoms with Crippen molar-refractivity contribution in [3.8, 4) is 0 Å². The van der Waals surface area contributed by atoms with Crippen molar-refractivity contribution in [1.82, 2.24) is 9.91 Å². The zero-order chi connectivity index (χ0) is 14.3. The van der Waals surface area contributed by atoms with Crippen molar-refractivity contribution in [2.75, 3.05) is 19.6 Å². The lowest BCUT2D eigenvalue weighted by molar-refractivity contribution is -0.106. The molecule has 1 aliphatic heterocycles. The molecule has 1 heterocycles. The number of rotatable bonds is 3. The molecule has 5 heteroatoms. The molecule has 1 amide bonds. The predicted molar refractivity (Wildman–Crippen MR) is 75.2 cm³/mol. The number of amides is 1. The topological polar surface area (TPSA) is 45.1 Å². The number of ether oxygens (including phenoxy) is 1. The average Bonchev–Trinajstić information content (AvgIpc) is 2.16. The van der Waals surface area contributed by atoms with Crippen LogP contribution in [0.2, 0.25) is 0 Å². The summed E-state index contributed by atoms with van der Waals surface area (Å²) in [5.74, 6) is 0. The molecule has 0 aromatic rings. The number of carbonyl (C=O) groups is 1. The Morgan fingerprint density at radius 1 is 1.47 bits per heavy atom. The Morgan fingerprint density at radius 3 is 2.47 bits per heavy atom. The first-order valence-electron chi connectivity index (χ1n) is 7.00. The van der Waals surface area contributed by atoms with Crippen LogP contribution in [0.5, 0.6) is 0 Å². The average molecular weight is 267 g/mol. The quantitative estimate of drug-likeness (QED) is 0.582. The lowest BCUT2D eigenvalue weighted by Gasteiger charge is -2.60. The third-order valence-electron chi connectivity index (χ3n) is 3.97. The van der Waals surface area contributed by atoms with Crippen LogP contribution in [0.3, 0.4) is 0 Å². The van der Waals surface area contributed by atoms with Gasteiger partial charge in [0.25, 0.3) is 0 Å². The Morgan fingerprint density at radius 2 is 2.05 bits per heavy atom. The lowest BCUT2D eigenvalue weighted by Crippen LogP contribution is -2.67. The highest BCUT2D eigenvalue weighted by Gasteiger charge is 2.55. The van der Waals surface area contributed by atoms with E-state index in [0.29, 0.717) is 11.5 Å². The minimum Gasteiger partial charge on any atom is -0.444 e. The molecule has 0 bridgehead atoms. The minimum atomic E-state index is -0.409. The molecule has 1 saturated carbocycles. The second-order valence-electron chi connectivity index (χ2n) is 6.80. The van der Waals surface area contributed by atoms with Gasteiger partial charge in [-0.1, -0.05) is 0 Å². The van der Waals surface area contributed by atoms with E-state index in [-0.39, 0.29) is 6.09 Å². The van der Waals surface area contributed by atoms with E-state index in [1.54, 1.807) is 4.90 Å². The van der Waals surface area contributed by atoms with Crippen molar-refractivity contribution in [2.24, 2.45) is 10.5 Å². The Hall–Kier alpha value is -1.26. The summed E-state index contributed by atoms with van der Waals surface area (Å²) in [4.78, 5) is 13.7. The summed E-state index contributed by atoms with van der Waals surface area (Å²) >= 11 is 0. The van der Waals surface area contributed by atoms with Gasteiger partial charge in [-0.25, -0.2) is 4.79 Å². The van der Waals surface area contributed by atoms with Crippen molar-refractivity contribution in [2.45, 2.75) is 52.2 Å². The maximum absolute atomic E-state index is 11.9. The van der Waals surface area contributed by atoms with Gasteiger partial charge in [0, 0.05) is 37.8 Å². The molecule has 2 aliphatic rings. The molecule has 1 saturated heterocycles. The van der Waals surface area contributed by atoms with Crippen LogP contribution < -0.4 is 0 Å². The fourth-order valence-corrected chi connectivity index (χ4v) is 3.10. The first-order valence-corrected chi connectivity index (χ1v) is 7.00. The molecule has 19 heavy (non-hydrogen) atoms. The van der Waals surface area contributed by atoms with Gasteiger partial charge in [0.05, 0.1) is 0 Å². The molecule has 1 aliphatic carbocycles. The summed E-state index contributed by atoms with van der Waals surface area (Å²) in [6, 6.07) is 0.503. The van der Waals surface area contributed by atoms with Gasteiger partial charge in [0.15, 0.2) is 0 Å². The van der Waals surface area contributed by atoms with Crippen LogP contribution in [0.4, 0.5) is 4.79 Å². The summed E-state index contributed by atoms with van der Waals surface area (Å²) in [6.07, 6.45) is 2.04. The Bertz CT molecular complexity index is 361. The van der Waals surface area contributed by atoms with Crippen molar-refractivity contribution in [3.05, 3.63) is 0 Å². The number of hydrogen-bond acceptors (Lipinski definition) is 4. The molecule has 0 N–H and O–H groups in total. The first kappa shape index (κ1) is 14.2. The highest BCUT2D eigenvalue weighted by molar-refractivity contribution is 5.69.